The van der Waals surface area contributed by atoms with Gasteiger partial charge in [-0.2, -0.15) is 0 Å². The Bertz CT molecular complexity index is 495. The summed E-state index contributed by atoms with van der Waals surface area (Å²) in [5.74, 6) is 0.0436. The van der Waals surface area contributed by atoms with Gasteiger partial charge in [0.15, 0.2) is 0 Å². The van der Waals surface area contributed by atoms with E-state index < -0.39 is 6.04 Å². The molecule has 1 aromatic carbocycles. The summed E-state index contributed by atoms with van der Waals surface area (Å²) in [6.07, 6.45) is 1.36. The van der Waals surface area contributed by atoms with Gasteiger partial charge in [-0.3, -0.25) is 9.59 Å². The number of halogens is 1. The van der Waals surface area contributed by atoms with Crippen molar-refractivity contribution < 1.29 is 9.59 Å². The topological polar surface area (TPSA) is 66.6 Å². The lowest BCUT2D eigenvalue weighted by Crippen LogP contribution is -2.46. The molecule has 6 heteroatoms. The summed E-state index contributed by atoms with van der Waals surface area (Å²) in [6.45, 7) is 4.12. The Labute approximate surface area is 137 Å². The van der Waals surface area contributed by atoms with Gasteiger partial charge in [0.05, 0.1) is 6.04 Å². The van der Waals surface area contributed by atoms with Crippen LogP contribution >= 0.6 is 12.4 Å². The number of hydrogen-bond acceptors (Lipinski definition) is 3. The molecule has 0 unspecified atom stereocenters. The van der Waals surface area contributed by atoms with Crippen LogP contribution in [-0.4, -0.2) is 53.8 Å². The quantitative estimate of drug-likeness (QED) is 0.903. The van der Waals surface area contributed by atoms with Crippen LogP contribution in [0.4, 0.5) is 0 Å². The van der Waals surface area contributed by atoms with Crippen LogP contribution in [0.25, 0.3) is 0 Å². The van der Waals surface area contributed by atoms with Gasteiger partial charge in [0.25, 0.3) is 0 Å². The maximum Gasteiger partial charge on any atom is 0.239 e. The van der Waals surface area contributed by atoms with Gasteiger partial charge in [-0.15, -0.1) is 12.4 Å². The molecule has 0 aliphatic carbocycles. The maximum absolute atomic E-state index is 12.4. The zero-order valence-corrected chi connectivity index (χ0v) is 13.7. The van der Waals surface area contributed by atoms with Crippen molar-refractivity contribution in [2.45, 2.75) is 25.8 Å². The average molecular weight is 326 g/mol. The largest absolute Gasteiger partial charge is 0.341 e. The lowest BCUT2D eigenvalue weighted by molar-refractivity contribution is -0.133. The molecule has 122 valence electrons. The van der Waals surface area contributed by atoms with Gasteiger partial charge >= 0.3 is 0 Å². The van der Waals surface area contributed by atoms with Gasteiger partial charge in [-0.05, 0) is 18.4 Å². The fraction of sp³-hybridized carbons (Fsp3) is 0.500. The summed E-state index contributed by atoms with van der Waals surface area (Å²) in [5, 5.41) is 0. The molecule has 22 heavy (non-hydrogen) atoms. The Balaban J connectivity index is 0.00000242. The number of carbonyl (C=O) groups excluding carboxylic acids is 2. The Morgan fingerprint density at radius 1 is 1.09 bits per heavy atom. The highest BCUT2D eigenvalue weighted by Gasteiger charge is 2.24. The predicted molar refractivity (Wildman–Crippen MR) is 88.8 cm³/mol. The van der Waals surface area contributed by atoms with Crippen molar-refractivity contribution in [3.05, 3.63) is 35.9 Å². The number of nitrogens with zero attached hydrogens (tertiary/aromatic N) is 2. The van der Waals surface area contributed by atoms with Crippen LogP contribution in [0.3, 0.4) is 0 Å². The lowest BCUT2D eigenvalue weighted by atomic mass is 10.1. The van der Waals surface area contributed by atoms with Gasteiger partial charge < -0.3 is 15.5 Å². The van der Waals surface area contributed by atoms with Gasteiger partial charge in [-0.1, -0.05) is 30.3 Å². The second-order valence-corrected chi connectivity index (χ2v) is 5.48. The van der Waals surface area contributed by atoms with Crippen molar-refractivity contribution in [3.8, 4) is 0 Å². The molecule has 5 nitrogen and oxygen atoms in total. The van der Waals surface area contributed by atoms with Gasteiger partial charge in [0.2, 0.25) is 11.8 Å². The normalized spacial score (nSPS) is 16.5. The van der Waals surface area contributed by atoms with Crippen LogP contribution in [0.2, 0.25) is 0 Å². The van der Waals surface area contributed by atoms with E-state index in [9.17, 15) is 9.59 Å². The molecular weight excluding hydrogens is 302 g/mol. The molecule has 2 rings (SSSR count). The van der Waals surface area contributed by atoms with Crippen molar-refractivity contribution in [2.75, 3.05) is 26.2 Å². The second-order valence-electron chi connectivity index (χ2n) is 5.48. The van der Waals surface area contributed by atoms with Crippen molar-refractivity contribution in [3.63, 3.8) is 0 Å². The van der Waals surface area contributed by atoms with Crippen LogP contribution in [0, 0.1) is 0 Å². The number of rotatable bonds is 3. The lowest BCUT2D eigenvalue weighted by Gasteiger charge is -2.24. The molecule has 1 aliphatic heterocycles. The third-order valence-electron chi connectivity index (χ3n) is 3.87. The van der Waals surface area contributed by atoms with Gasteiger partial charge in [-0.25, -0.2) is 0 Å². The van der Waals surface area contributed by atoms with Crippen molar-refractivity contribution >= 4 is 24.2 Å². The zero-order valence-electron chi connectivity index (χ0n) is 12.9. The van der Waals surface area contributed by atoms with E-state index in [-0.39, 0.29) is 24.2 Å². The van der Waals surface area contributed by atoms with Crippen LogP contribution in [0.15, 0.2) is 30.3 Å². The van der Waals surface area contributed by atoms with E-state index in [1.54, 1.807) is 16.7 Å². The SMILES string of the molecule is CC(=O)N1CCCN(C(=O)[C@@H](N)Cc2ccccc2)CC1.Cl. The van der Waals surface area contributed by atoms with E-state index in [4.69, 9.17) is 5.73 Å². The van der Waals surface area contributed by atoms with E-state index in [0.717, 1.165) is 12.0 Å². The Kier molecular flexibility index (Phi) is 7.35. The maximum atomic E-state index is 12.4. The minimum absolute atomic E-state index is 0. The summed E-state index contributed by atoms with van der Waals surface area (Å²) in [6, 6.07) is 9.28. The molecule has 0 aromatic heterocycles. The molecule has 1 aliphatic rings. The molecule has 2 N–H and O–H groups in total. The number of hydrogen-bond donors (Lipinski definition) is 1. The molecule has 2 amide bonds. The first kappa shape index (κ1) is 18.5. The first-order valence-corrected chi connectivity index (χ1v) is 7.41. The summed E-state index contributed by atoms with van der Waals surface area (Å²) in [7, 11) is 0. The van der Waals surface area contributed by atoms with E-state index in [0.29, 0.717) is 32.6 Å². The van der Waals surface area contributed by atoms with Crippen LogP contribution < -0.4 is 5.73 Å². The monoisotopic (exact) mass is 325 g/mol. The molecule has 1 aromatic rings. The molecule has 0 spiro atoms. The average Bonchev–Trinajstić information content (AvgIpc) is 2.73. The van der Waals surface area contributed by atoms with Crippen LogP contribution in [0.5, 0.6) is 0 Å². The van der Waals surface area contributed by atoms with Crippen molar-refractivity contribution in [2.24, 2.45) is 5.73 Å². The fourth-order valence-electron chi connectivity index (χ4n) is 2.64. The number of amides is 2. The smallest absolute Gasteiger partial charge is 0.239 e. The molecule has 1 saturated heterocycles. The highest BCUT2D eigenvalue weighted by molar-refractivity contribution is 5.85. The third kappa shape index (κ3) is 5.00. The highest BCUT2D eigenvalue weighted by Crippen LogP contribution is 2.08. The molecule has 0 bridgehead atoms. The molecule has 1 heterocycles. The predicted octanol–water partition coefficient (Wildman–Crippen LogP) is 1.06. The molecular formula is C16H24ClN3O2. The standard InChI is InChI=1S/C16H23N3O2.ClH/c1-13(20)18-8-5-9-19(11-10-18)16(21)15(17)12-14-6-3-2-4-7-14;/h2-4,6-7,15H,5,8-12,17H2,1H3;1H/t15-;/m0./s1. The molecule has 1 atom stereocenters. The van der Waals surface area contributed by atoms with Crippen molar-refractivity contribution in [1.29, 1.82) is 0 Å². The van der Waals surface area contributed by atoms with Crippen LogP contribution in [-0.2, 0) is 16.0 Å². The Hall–Kier alpha value is -1.59. The number of carbonyl (C=O) groups is 2. The van der Waals surface area contributed by atoms with Gasteiger partial charge in [0.1, 0.15) is 0 Å². The Morgan fingerprint density at radius 2 is 1.68 bits per heavy atom. The third-order valence-corrected chi connectivity index (χ3v) is 3.87. The summed E-state index contributed by atoms with van der Waals surface area (Å²) in [4.78, 5) is 27.4. The molecule has 0 saturated carbocycles. The van der Waals surface area contributed by atoms with E-state index >= 15 is 0 Å². The molecule has 1 fully saturated rings. The minimum Gasteiger partial charge on any atom is -0.341 e. The molecule has 0 radical (unpaired) electrons. The zero-order chi connectivity index (χ0) is 15.2. The first-order valence-electron chi connectivity index (χ1n) is 7.41. The minimum atomic E-state index is -0.517. The highest BCUT2D eigenvalue weighted by atomic mass is 35.5. The first-order chi connectivity index (χ1) is 10.1. The summed E-state index contributed by atoms with van der Waals surface area (Å²) < 4.78 is 0. The van der Waals surface area contributed by atoms with E-state index in [1.165, 1.54) is 0 Å². The summed E-state index contributed by atoms with van der Waals surface area (Å²) >= 11 is 0. The van der Waals surface area contributed by atoms with Gasteiger partial charge in [0, 0.05) is 33.1 Å². The fourth-order valence-corrected chi connectivity index (χ4v) is 2.64. The second kappa shape index (κ2) is 8.76. The Morgan fingerprint density at radius 3 is 2.32 bits per heavy atom. The number of benzene rings is 1. The van der Waals surface area contributed by atoms with E-state index in [1.807, 2.05) is 30.3 Å². The van der Waals surface area contributed by atoms with Crippen molar-refractivity contribution in [1.82, 2.24) is 9.80 Å². The summed E-state index contributed by atoms with van der Waals surface area (Å²) in [5.41, 5.74) is 7.12. The number of nitrogens with two attached hydrogens (primary N) is 1. The van der Waals surface area contributed by atoms with E-state index in [2.05, 4.69) is 0 Å². The van der Waals surface area contributed by atoms with Crippen LogP contribution in [0.1, 0.15) is 18.9 Å².